The fraction of sp³-hybridized carbons (Fsp3) is 0.304. The molecule has 1 N–H and O–H groups in total. The van der Waals surface area contributed by atoms with Gasteiger partial charge < -0.3 is 14.3 Å². The molecule has 0 bridgehead atoms. The Morgan fingerprint density at radius 1 is 1.18 bits per heavy atom. The molecule has 1 aromatic carbocycles. The maximum absolute atomic E-state index is 13.4. The van der Waals surface area contributed by atoms with E-state index in [4.69, 9.17) is 20.5 Å². The number of carbonyl (C=O) groups is 1. The molecule has 1 aliphatic rings. The van der Waals surface area contributed by atoms with E-state index in [0.29, 0.717) is 29.3 Å². The van der Waals surface area contributed by atoms with Crippen molar-refractivity contribution < 1.29 is 22.2 Å². The lowest BCUT2D eigenvalue weighted by Gasteiger charge is -2.30. The number of rotatable bonds is 6. The van der Waals surface area contributed by atoms with Gasteiger partial charge in [-0.15, -0.1) is 0 Å². The number of piperidine rings is 1. The Labute approximate surface area is 197 Å². The second-order valence-electron chi connectivity index (χ2n) is 7.89. The predicted molar refractivity (Wildman–Crippen MR) is 125 cm³/mol. The van der Waals surface area contributed by atoms with Crippen LogP contribution in [-0.4, -0.2) is 36.9 Å². The Hall–Kier alpha value is -2.88. The molecule has 2 aromatic heterocycles. The molecule has 1 fully saturated rings. The third-order valence-corrected chi connectivity index (χ3v) is 8.19. The van der Waals surface area contributed by atoms with E-state index in [1.54, 1.807) is 43.3 Å². The Morgan fingerprint density at radius 3 is 2.64 bits per heavy atom. The molecule has 1 amide bonds. The van der Waals surface area contributed by atoms with Gasteiger partial charge >= 0.3 is 0 Å². The van der Waals surface area contributed by atoms with E-state index in [1.165, 1.54) is 16.6 Å². The molecular formula is C23H24ClN3O5S. The summed E-state index contributed by atoms with van der Waals surface area (Å²) in [6.45, 7) is 3.88. The topological polar surface area (TPSA) is 106 Å². The first-order chi connectivity index (χ1) is 15.8. The molecule has 0 spiro atoms. The maximum Gasteiger partial charge on any atom is 0.248 e. The number of amides is 1. The Bertz CT molecular complexity index is 1270. The van der Waals surface area contributed by atoms with Crippen LogP contribution in [-0.2, 0) is 14.8 Å². The van der Waals surface area contributed by atoms with Crippen LogP contribution in [0.3, 0.4) is 0 Å². The van der Waals surface area contributed by atoms with Crippen molar-refractivity contribution in [2.45, 2.75) is 31.6 Å². The molecule has 8 nitrogen and oxygen atoms in total. The summed E-state index contributed by atoms with van der Waals surface area (Å²) in [4.78, 5) is 12.8. The molecule has 0 unspecified atom stereocenters. The summed E-state index contributed by atoms with van der Waals surface area (Å²) < 4.78 is 38.6. The maximum atomic E-state index is 13.4. The molecule has 33 heavy (non-hydrogen) atoms. The summed E-state index contributed by atoms with van der Waals surface area (Å²) in [6, 6.07) is 8.82. The van der Waals surface area contributed by atoms with Crippen LogP contribution in [0.4, 0.5) is 5.69 Å². The van der Waals surface area contributed by atoms with Crippen molar-refractivity contribution >= 4 is 45.4 Å². The third-order valence-electron chi connectivity index (χ3n) is 5.72. The minimum atomic E-state index is -3.85. The van der Waals surface area contributed by atoms with Crippen LogP contribution in [0.5, 0.6) is 0 Å². The number of aromatic nitrogens is 1. The minimum absolute atomic E-state index is 0.0303. The highest BCUT2D eigenvalue weighted by Crippen LogP contribution is 2.30. The van der Waals surface area contributed by atoms with Crippen molar-refractivity contribution in [3.05, 3.63) is 64.4 Å². The molecule has 10 heteroatoms. The van der Waals surface area contributed by atoms with E-state index >= 15 is 0 Å². The first-order valence-electron chi connectivity index (χ1n) is 10.5. The van der Waals surface area contributed by atoms with Crippen LogP contribution in [0.25, 0.3) is 12.2 Å². The van der Waals surface area contributed by atoms with Crippen LogP contribution < -0.4 is 5.32 Å². The van der Waals surface area contributed by atoms with Gasteiger partial charge in [0, 0.05) is 29.7 Å². The summed E-state index contributed by atoms with van der Waals surface area (Å²) in [7, 11) is -3.85. The van der Waals surface area contributed by atoms with Gasteiger partial charge in [-0.05, 0) is 68.7 Å². The van der Waals surface area contributed by atoms with Gasteiger partial charge in [0.15, 0.2) is 10.7 Å². The molecule has 3 heterocycles. The molecule has 174 valence electrons. The number of hydrogen-bond donors (Lipinski definition) is 1. The molecule has 0 saturated carbocycles. The highest BCUT2D eigenvalue weighted by molar-refractivity contribution is 7.89. The normalized spacial score (nSPS) is 15.8. The Kier molecular flexibility index (Phi) is 6.73. The number of nitrogens with zero attached hydrogens (tertiary/aromatic N) is 2. The molecule has 0 atom stereocenters. The SMILES string of the molecule is Cc1noc(C=Cc2ccco2)c1S(=O)(=O)N1CCC(C(=O)Nc2cccc(Cl)c2C)CC1. The number of sulfonamides is 1. The molecule has 4 rings (SSSR count). The monoisotopic (exact) mass is 489 g/mol. The number of furan rings is 1. The second-order valence-corrected chi connectivity index (χ2v) is 10.2. The summed E-state index contributed by atoms with van der Waals surface area (Å²) >= 11 is 6.13. The summed E-state index contributed by atoms with van der Waals surface area (Å²) in [5.74, 6) is 0.270. The van der Waals surface area contributed by atoms with Crippen LogP contribution in [0.2, 0.25) is 5.02 Å². The van der Waals surface area contributed by atoms with Crippen LogP contribution in [0.15, 0.2) is 50.4 Å². The van der Waals surface area contributed by atoms with E-state index in [1.807, 2.05) is 6.92 Å². The van der Waals surface area contributed by atoms with Gasteiger partial charge in [0.25, 0.3) is 0 Å². The number of carbonyl (C=O) groups excluding carboxylic acids is 1. The van der Waals surface area contributed by atoms with Crippen molar-refractivity contribution in [2.75, 3.05) is 18.4 Å². The first kappa shape index (κ1) is 23.3. The number of aryl methyl sites for hydroxylation is 1. The zero-order valence-corrected chi connectivity index (χ0v) is 19.8. The van der Waals surface area contributed by atoms with E-state index in [0.717, 1.165) is 5.56 Å². The van der Waals surface area contributed by atoms with Crippen molar-refractivity contribution in [1.29, 1.82) is 0 Å². The van der Waals surface area contributed by atoms with Gasteiger partial charge in [-0.2, -0.15) is 4.31 Å². The minimum Gasteiger partial charge on any atom is -0.465 e. The second kappa shape index (κ2) is 9.54. The van der Waals surface area contributed by atoms with Gasteiger partial charge in [0.05, 0.1) is 6.26 Å². The highest BCUT2D eigenvalue weighted by atomic mass is 35.5. The highest BCUT2D eigenvalue weighted by Gasteiger charge is 2.36. The predicted octanol–water partition coefficient (Wildman–Crippen LogP) is 4.75. The number of halogens is 1. The number of anilines is 1. The third kappa shape index (κ3) is 4.90. The first-order valence-corrected chi connectivity index (χ1v) is 12.3. The van der Waals surface area contributed by atoms with Gasteiger partial charge in [0.2, 0.25) is 15.9 Å². The molecule has 1 aliphatic heterocycles. The Morgan fingerprint density at radius 2 is 1.94 bits per heavy atom. The van der Waals surface area contributed by atoms with Crippen molar-refractivity contribution in [2.24, 2.45) is 5.92 Å². The molecule has 0 aliphatic carbocycles. The van der Waals surface area contributed by atoms with Gasteiger partial charge in [0.1, 0.15) is 11.5 Å². The van der Waals surface area contributed by atoms with Gasteiger partial charge in [-0.1, -0.05) is 22.8 Å². The summed E-state index contributed by atoms with van der Waals surface area (Å²) in [6.07, 6.45) is 5.49. The standard InChI is InChI=1S/C23H24ClN3O5S/c1-15-19(24)6-3-7-20(15)25-23(28)17-10-12-27(13-11-17)33(29,30)22-16(2)26-32-21(22)9-8-18-5-4-14-31-18/h3-9,14,17H,10-13H2,1-2H3,(H,25,28). The zero-order valence-electron chi connectivity index (χ0n) is 18.2. The van der Waals surface area contributed by atoms with Crippen molar-refractivity contribution in [3.63, 3.8) is 0 Å². The van der Waals surface area contributed by atoms with E-state index in [9.17, 15) is 13.2 Å². The van der Waals surface area contributed by atoms with Crippen LogP contribution in [0.1, 0.15) is 35.6 Å². The quantitative estimate of drug-likeness (QED) is 0.535. The molecular weight excluding hydrogens is 466 g/mol. The fourth-order valence-electron chi connectivity index (χ4n) is 3.81. The summed E-state index contributed by atoms with van der Waals surface area (Å²) in [5, 5.41) is 7.34. The van der Waals surface area contributed by atoms with Crippen LogP contribution >= 0.6 is 11.6 Å². The van der Waals surface area contributed by atoms with Crippen molar-refractivity contribution in [3.8, 4) is 0 Å². The lowest BCUT2D eigenvalue weighted by atomic mass is 9.97. The molecule has 1 saturated heterocycles. The van der Waals surface area contributed by atoms with Gasteiger partial charge in [-0.3, -0.25) is 4.79 Å². The lowest BCUT2D eigenvalue weighted by Crippen LogP contribution is -2.41. The Balaban J connectivity index is 1.45. The van der Waals surface area contributed by atoms with E-state index < -0.39 is 10.0 Å². The number of nitrogens with one attached hydrogen (secondary N) is 1. The van der Waals surface area contributed by atoms with Gasteiger partial charge in [-0.25, -0.2) is 8.42 Å². The van der Waals surface area contributed by atoms with Crippen molar-refractivity contribution in [1.82, 2.24) is 9.46 Å². The largest absolute Gasteiger partial charge is 0.465 e. The molecule has 0 radical (unpaired) electrons. The average molecular weight is 490 g/mol. The average Bonchev–Trinajstić information content (AvgIpc) is 3.45. The number of hydrogen-bond acceptors (Lipinski definition) is 6. The molecule has 3 aromatic rings. The lowest BCUT2D eigenvalue weighted by molar-refractivity contribution is -0.120. The number of benzene rings is 1. The van der Waals surface area contributed by atoms with E-state index in [-0.39, 0.29) is 41.3 Å². The zero-order chi connectivity index (χ0) is 23.6. The smallest absolute Gasteiger partial charge is 0.248 e. The summed E-state index contributed by atoms with van der Waals surface area (Å²) in [5.41, 5.74) is 1.74. The van der Waals surface area contributed by atoms with E-state index in [2.05, 4.69) is 10.5 Å². The van der Waals surface area contributed by atoms with Crippen LogP contribution in [0, 0.1) is 19.8 Å². The fourth-order valence-corrected chi connectivity index (χ4v) is 5.70.